The number of morpholine rings is 1. The minimum Gasteiger partial charge on any atom is -0.377 e. The van der Waals surface area contributed by atoms with Crippen molar-refractivity contribution in [2.24, 2.45) is 0 Å². The topological polar surface area (TPSA) is 84.3 Å². The molecular formula is C17H22N6O2. The molecule has 1 saturated heterocycles. The maximum absolute atomic E-state index is 12.8. The summed E-state index contributed by atoms with van der Waals surface area (Å²) in [4.78, 5) is 33.7. The summed E-state index contributed by atoms with van der Waals surface area (Å²) in [5.41, 5.74) is 0.363. The quantitative estimate of drug-likeness (QED) is 0.810. The molecule has 1 aliphatic rings. The molecular weight excluding hydrogens is 320 g/mol. The summed E-state index contributed by atoms with van der Waals surface area (Å²) in [6.45, 7) is 7.23. The number of ether oxygens (including phenoxy) is 1. The first-order valence-electron chi connectivity index (χ1n) is 8.47. The van der Waals surface area contributed by atoms with Crippen molar-refractivity contribution in [3.8, 4) is 0 Å². The third kappa shape index (κ3) is 3.74. The molecule has 0 N–H and O–H groups in total. The molecule has 0 saturated carbocycles. The van der Waals surface area contributed by atoms with E-state index in [4.69, 9.17) is 4.74 Å². The molecule has 2 aromatic rings. The fraction of sp³-hybridized carbons (Fsp3) is 0.471. The van der Waals surface area contributed by atoms with Crippen molar-refractivity contribution >= 4 is 11.7 Å². The molecule has 8 nitrogen and oxygen atoms in total. The molecule has 0 unspecified atom stereocenters. The Hall–Kier alpha value is -2.61. The van der Waals surface area contributed by atoms with Crippen LogP contribution in [0.15, 0.2) is 30.9 Å². The standard InChI is InChI=1S/C17H22N6O2/c1-3-22(4-2)15-6-8-19-16(21-15)14-11-25-10-9-23(14)17(24)13-5-7-18-12-20-13/h5-8,12,14H,3-4,9-11H2,1-2H3/t14-/m1/s1. The number of aromatic nitrogens is 4. The number of amides is 1. The van der Waals surface area contributed by atoms with Crippen LogP contribution in [0.4, 0.5) is 5.82 Å². The average molecular weight is 342 g/mol. The Morgan fingerprint density at radius 3 is 2.84 bits per heavy atom. The van der Waals surface area contributed by atoms with E-state index in [-0.39, 0.29) is 11.9 Å². The van der Waals surface area contributed by atoms with E-state index >= 15 is 0 Å². The van der Waals surface area contributed by atoms with Gasteiger partial charge in [0.1, 0.15) is 23.9 Å². The number of anilines is 1. The predicted octanol–water partition coefficient (Wildman–Crippen LogP) is 1.33. The highest BCUT2D eigenvalue weighted by Crippen LogP contribution is 2.24. The normalized spacial score (nSPS) is 17.4. The van der Waals surface area contributed by atoms with E-state index in [1.54, 1.807) is 23.4 Å². The molecule has 2 aromatic heterocycles. The summed E-state index contributed by atoms with van der Waals surface area (Å²) < 4.78 is 5.59. The lowest BCUT2D eigenvalue weighted by Crippen LogP contribution is -2.44. The Bertz CT molecular complexity index is 707. The van der Waals surface area contributed by atoms with Crippen molar-refractivity contribution in [3.05, 3.63) is 42.4 Å². The predicted molar refractivity (Wildman–Crippen MR) is 92.2 cm³/mol. The van der Waals surface area contributed by atoms with E-state index < -0.39 is 0 Å². The third-order valence-corrected chi connectivity index (χ3v) is 4.24. The van der Waals surface area contributed by atoms with Gasteiger partial charge in [-0.25, -0.2) is 19.9 Å². The van der Waals surface area contributed by atoms with Crippen LogP contribution < -0.4 is 4.90 Å². The number of rotatable bonds is 5. The second-order valence-corrected chi connectivity index (χ2v) is 5.63. The molecule has 0 aliphatic carbocycles. The van der Waals surface area contributed by atoms with Gasteiger partial charge in [-0.2, -0.15) is 0 Å². The Morgan fingerprint density at radius 1 is 1.28 bits per heavy atom. The maximum Gasteiger partial charge on any atom is 0.273 e. The van der Waals surface area contributed by atoms with Gasteiger partial charge in [-0.05, 0) is 26.0 Å². The molecule has 0 spiro atoms. The van der Waals surface area contributed by atoms with Gasteiger partial charge in [0.25, 0.3) is 5.91 Å². The molecule has 1 atom stereocenters. The minimum absolute atomic E-state index is 0.160. The first-order chi connectivity index (χ1) is 12.2. The number of nitrogens with zero attached hydrogens (tertiary/aromatic N) is 6. The molecule has 25 heavy (non-hydrogen) atoms. The zero-order valence-corrected chi connectivity index (χ0v) is 14.5. The summed E-state index contributed by atoms with van der Waals surface area (Å²) >= 11 is 0. The van der Waals surface area contributed by atoms with Crippen LogP contribution in [0.25, 0.3) is 0 Å². The SMILES string of the molecule is CCN(CC)c1ccnc([C@H]2COCCN2C(=O)c2ccncn2)n1. The molecule has 1 fully saturated rings. The van der Waals surface area contributed by atoms with E-state index in [0.29, 0.717) is 31.3 Å². The molecule has 132 valence electrons. The fourth-order valence-corrected chi connectivity index (χ4v) is 2.87. The summed E-state index contributed by atoms with van der Waals surface area (Å²) in [5, 5.41) is 0. The molecule has 0 bridgehead atoms. The van der Waals surface area contributed by atoms with Crippen molar-refractivity contribution in [2.75, 3.05) is 37.7 Å². The summed E-state index contributed by atoms with van der Waals surface area (Å²) in [7, 11) is 0. The highest BCUT2D eigenvalue weighted by Gasteiger charge is 2.32. The average Bonchev–Trinajstić information content (AvgIpc) is 2.69. The van der Waals surface area contributed by atoms with Gasteiger partial charge in [0.2, 0.25) is 0 Å². The van der Waals surface area contributed by atoms with Gasteiger partial charge >= 0.3 is 0 Å². The van der Waals surface area contributed by atoms with Crippen molar-refractivity contribution in [1.29, 1.82) is 0 Å². The molecule has 8 heteroatoms. The van der Waals surface area contributed by atoms with E-state index in [1.165, 1.54) is 6.33 Å². The van der Waals surface area contributed by atoms with Crippen molar-refractivity contribution in [1.82, 2.24) is 24.8 Å². The lowest BCUT2D eigenvalue weighted by Gasteiger charge is -2.34. The third-order valence-electron chi connectivity index (χ3n) is 4.24. The highest BCUT2D eigenvalue weighted by atomic mass is 16.5. The molecule has 0 radical (unpaired) electrons. The Balaban J connectivity index is 1.89. The second-order valence-electron chi connectivity index (χ2n) is 5.63. The van der Waals surface area contributed by atoms with E-state index in [9.17, 15) is 4.79 Å². The van der Waals surface area contributed by atoms with Crippen molar-refractivity contribution < 1.29 is 9.53 Å². The first kappa shape index (κ1) is 17.2. The fourth-order valence-electron chi connectivity index (χ4n) is 2.87. The number of hydrogen-bond donors (Lipinski definition) is 0. The van der Waals surface area contributed by atoms with Gasteiger partial charge in [0.15, 0.2) is 5.82 Å². The Kier molecular flexibility index (Phi) is 5.49. The molecule has 0 aromatic carbocycles. The van der Waals surface area contributed by atoms with Crippen molar-refractivity contribution in [2.45, 2.75) is 19.9 Å². The maximum atomic E-state index is 12.8. The summed E-state index contributed by atoms with van der Waals surface area (Å²) in [6, 6.07) is 3.17. The van der Waals surface area contributed by atoms with Gasteiger partial charge in [-0.1, -0.05) is 0 Å². The zero-order chi connectivity index (χ0) is 17.6. The van der Waals surface area contributed by atoms with Crippen LogP contribution in [0.2, 0.25) is 0 Å². The highest BCUT2D eigenvalue weighted by molar-refractivity contribution is 5.92. The van der Waals surface area contributed by atoms with Crippen LogP contribution in [0.1, 0.15) is 36.2 Å². The summed E-state index contributed by atoms with van der Waals surface area (Å²) in [5.74, 6) is 1.29. The van der Waals surface area contributed by atoms with Crippen LogP contribution in [0.5, 0.6) is 0 Å². The monoisotopic (exact) mass is 342 g/mol. The Labute approximate surface area is 146 Å². The van der Waals surface area contributed by atoms with Crippen LogP contribution >= 0.6 is 0 Å². The van der Waals surface area contributed by atoms with Gasteiger partial charge in [-0.15, -0.1) is 0 Å². The van der Waals surface area contributed by atoms with Crippen LogP contribution in [0.3, 0.4) is 0 Å². The zero-order valence-electron chi connectivity index (χ0n) is 14.5. The lowest BCUT2D eigenvalue weighted by atomic mass is 10.2. The number of carbonyl (C=O) groups is 1. The molecule has 1 amide bonds. The van der Waals surface area contributed by atoms with E-state index in [0.717, 1.165) is 18.9 Å². The summed E-state index contributed by atoms with van der Waals surface area (Å²) in [6.07, 6.45) is 4.67. The molecule has 1 aliphatic heterocycles. The number of hydrogen-bond acceptors (Lipinski definition) is 7. The Morgan fingerprint density at radius 2 is 2.12 bits per heavy atom. The van der Waals surface area contributed by atoms with Gasteiger partial charge < -0.3 is 14.5 Å². The van der Waals surface area contributed by atoms with E-state index in [2.05, 4.69) is 38.7 Å². The second kappa shape index (κ2) is 7.98. The smallest absolute Gasteiger partial charge is 0.273 e. The van der Waals surface area contributed by atoms with Crippen LogP contribution in [-0.2, 0) is 4.74 Å². The van der Waals surface area contributed by atoms with Crippen LogP contribution in [-0.4, -0.2) is 63.6 Å². The van der Waals surface area contributed by atoms with Gasteiger partial charge in [0.05, 0.1) is 13.2 Å². The lowest BCUT2D eigenvalue weighted by molar-refractivity contribution is -0.00551. The van der Waals surface area contributed by atoms with Gasteiger partial charge in [0, 0.05) is 32.0 Å². The molecule has 3 rings (SSSR count). The largest absolute Gasteiger partial charge is 0.377 e. The minimum atomic E-state index is -0.327. The van der Waals surface area contributed by atoms with Crippen molar-refractivity contribution in [3.63, 3.8) is 0 Å². The first-order valence-corrected chi connectivity index (χ1v) is 8.47. The van der Waals surface area contributed by atoms with Gasteiger partial charge in [-0.3, -0.25) is 4.79 Å². The number of carbonyl (C=O) groups excluding carboxylic acids is 1. The van der Waals surface area contributed by atoms with E-state index in [1.807, 2.05) is 6.07 Å². The molecule has 3 heterocycles. The van der Waals surface area contributed by atoms with Crippen LogP contribution in [0, 0.1) is 0 Å².